The Kier molecular flexibility index (Phi) is 7.25. The van der Waals surface area contributed by atoms with E-state index in [1.54, 1.807) is 0 Å². The predicted molar refractivity (Wildman–Crippen MR) is 125 cm³/mol. The second kappa shape index (κ2) is 10.3. The van der Waals surface area contributed by atoms with E-state index in [2.05, 4.69) is 40.6 Å². The van der Waals surface area contributed by atoms with E-state index in [0.717, 1.165) is 86.3 Å². The Bertz CT molecular complexity index is 900. The van der Waals surface area contributed by atoms with Crippen molar-refractivity contribution in [2.45, 2.75) is 70.8 Å². The second-order valence-corrected chi connectivity index (χ2v) is 9.49. The first-order valence-corrected chi connectivity index (χ1v) is 12.1. The van der Waals surface area contributed by atoms with Crippen molar-refractivity contribution in [3.05, 3.63) is 52.6 Å². The van der Waals surface area contributed by atoms with Crippen molar-refractivity contribution in [3.63, 3.8) is 0 Å². The van der Waals surface area contributed by atoms with Gasteiger partial charge in [0.05, 0.1) is 5.56 Å². The molecule has 0 spiro atoms. The van der Waals surface area contributed by atoms with Gasteiger partial charge in [0.1, 0.15) is 6.07 Å². The minimum Gasteiger partial charge on any atom is -0.350 e. The number of nitriles is 1. The molecule has 1 saturated carbocycles. The Labute approximate surface area is 187 Å². The highest BCUT2D eigenvalue weighted by Crippen LogP contribution is 2.30. The average Bonchev–Trinajstić information content (AvgIpc) is 3.34. The summed E-state index contributed by atoms with van der Waals surface area (Å²) < 4.78 is 0. The smallest absolute Gasteiger partial charge is 0.247 e. The summed E-state index contributed by atoms with van der Waals surface area (Å²) >= 11 is 0. The lowest BCUT2D eigenvalue weighted by molar-refractivity contribution is -0.118. The molecule has 1 heterocycles. The summed E-state index contributed by atoms with van der Waals surface area (Å²) in [5.41, 5.74) is 5.35. The first kappa shape index (κ1) is 21.8. The third-order valence-corrected chi connectivity index (χ3v) is 7.39. The molecule has 0 saturated heterocycles. The lowest BCUT2D eigenvalue weighted by Gasteiger charge is -2.32. The van der Waals surface area contributed by atoms with Crippen molar-refractivity contribution >= 4 is 11.5 Å². The maximum Gasteiger partial charge on any atom is 0.247 e. The van der Waals surface area contributed by atoms with Gasteiger partial charge in [0.15, 0.2) is 0 Å². The van der Waals surface area contributed by atoms with E-state index >= 15 is 0 Å². The minimum absolute atomic E-state index is 0.185. The Balaban J connectivity index is 1.20. The number of benzene rings is 1. The molecule has 1 aromatic rings. The third kappa shape index (κ3) is 5.46. The number of nitrogens with zero attached hydrogens (tertiary/aromatic N) is 2. The molecule has 1 aliphatic heterocycles. The zero-order valence-corrected chi connectivity index (χ0v) is 18.8. The van der Waals surface area contributed by atoms with Gasteiger partial charge in [-0.15, -0.1) is 0 Å². The Morgan fingerprint density at radius 2 is 2.03 bits per heavy atom. The van der Waals surface area contributed by atoms with Crippen molar-refractivity contribution in [1.82, 2.24) is 10.2 Å². The highest BCUT2D eigenvalue weighted by Gasteiger charge is 2.25. The fourth-order valence-corrected chi connectivity index (χ4v) is 5.36. The van der Waals surface area contributed by atoms with Gasteiger partial charge in [-0.3, -0.25) is 9.69 Å². The third-order valence-electron chi connectivity index (χ3n) is 7.39. The summed E-state index contributed by atoms with van der Waals surface area (Å²) in [6.45, 7) is 5.22. The van der Waals surface area contributed by atoms with Crippen LogP contribution in [0.25, 0.3) is 5.57 Å². The zero-order valence-electron chi connectivity index (χ0n) is 18.8. The topological polar surface area (TPSA) is 56.1 Å². The first-order valence-electron chi connectivity index (χ1n) is 12.1. The molecule has 3 aliphatic rings. The Morgan fingerprint density at radius 3 is 2.71 bits per heavy atom. The molecule has 0 aromatic heterocycles. The molecule has 4 rings (SSSR count). The molecule has 0 unspecified atom stereocenters. The lowest BCUT2D eigenvalue weighted by atomic mass is 9.83. The molecule has 1 aromatic carbocycles. The highest BCUT2D eigenvalue weighted by atomic mass is 16.1. The van der Waals surface area contributed by atoms with Gasteiger partial charge in [-0.1, -0.05) is 30.4 Å². The molecule has 164 valence electrons. The molecule has 31 heavy (non-hydrogen) atoms. The van der Waals surface area contributed by atoms with Gasteiger partial charge in [0.25, 0.3) is 0 Å². The molecule has 0 atom stereocenters. The van der Waals surface area contributed by atoms with E-state index in [4.69, 9.17) is 0 Å². The van der Waals surface area contributed by atoms with Crippen LogP contribution in [0.5, 0.6) is 0 Å². The molecular formula is C27H35N3O. The van der Waals surface area contributed by atoms with E-state index in [1.807, 2.05) is 13.0 Å². The largest absolute Gasteiger partial charge is 0.350 e. The Morgan fingerprint density at radius 1 is 1.19 bits per heavy atom. The van der Waals surface area contributed by atoms with Gasteiger partial charge in [0.2, 0.25) is 5.91 Å². The molecule has 0 radical (unpaired) electrons. The monoisotopic (exact) mass is 417 g/mol. The zero-order chi connectivity index (χ0) is 21.6. The van der Waals surface area contributed by atoms with E-state index < -0.39 is 0 Å². The Hall–Kier alpha value is -2.38. The van der Waals surface area contributed by atoms with Crippen molar-refractivity contribution in [2.75, 3.05) is 19.6 Å². The van der Waals surface area contributed by atoms with Crippen LogP contribution in [0.15, 0.2) is 35.9 Å². The molecular weight excluding hydrogens is 382 g/mol. The summed E-state index contributed by atoms with van der Waals surface area (Å²) in [5, 5.41) is 12.8. The van der Waals surface area contributed by atoms with Crippen LogP contribution in [0, 0.1) is 24.2 Å². The molecule has 1 fully saturated rings. The number of hydrogen-bond acceptors (Lipinski definition) is 3. The van der Waals surface area contributed by atoms with Crippen LogP contribution in [0.3, 0.4) is 0 Å². The van der Waals surface area contributed by atoms with Gasteiger partial charge >= 0.3 is 0 Å². The van der Waals surface area contributed by atoms with E-state index in [0.29, 0.717) is 6.04 Å². The quantitative estimate of drug-likeness (QED) is 0.698. The summed E-state index contributed by atoms with van der Waals surface area (Å²) in [7, 11) is 0. The van der Waals surface area contributed by atoms with Crippen LogP contribution in [0.2, 0.25) is 0 Å². The summed E-state index contributed by atoms with van der Waals surface area (Å²) in [6, 6.07) is 8.92. The number of amides is 1. The van der Waals surface area contributed by atoms with Crippen molar-refractivity contribution in [2.24, 2.45) is 5.92 Å². The number of rotatable bonds is 6. The first-order chi connectivity index (χ1) is 15.1. The normalized spacial score (nSPS) is 24.3. The van der Waals surface area contributed by atoms with Crippen molar-refractivity contribution < 1.29 is 4.79 Å². The molecule has 1 amide bonds. The van der Waals surface area contributed by atoms with Crippen LogP contribution < -0.4 is 5.32 Å². The minimum atomic E-state index is 0.185. The van der Waals surface area contributed by atoms with Gasteiger partial charge in [-0.25, -0.2) is 0 Å². The SMILES string of the molecule is Cc1cccc(C2=CCN(CCC3CCC(NC(=O)C4=CCCC4)CC3)CC2)c1C#N. The molecule has 1 N–H and O–H groups in total. The van der Waals surface area contributed by atoms with Crippen molar-refractivity contribution in [3.8, 4) is 6.07 Å². The maximum absolute atomic E-state index is 12.3. The highest BCUT2D eigenvalue weighted by molar-refractivity contribution is 5.93. The van der Waals surface area contributed by atoms with Crippen LogP contribution in [0.4, 0.5) is 0 Å². The van der Waals surface area contributed by atoms with E-state index in [1.165, 1.54) is 24.8 Å². The number of hydrogen-bond donors (Lipinski definition) is 1. The van der Waals surface area contributed by atoms with Gasteiger partial charge in [-0.05, 0) is 93.9 Å². The molecule has 0 bridgehead atoms. The average molecular weight is 418 g/mol. The van der Waals surface area contributed by atoms with E-state index in [9.17, 15) is 10.1 Å². The number of carbonyl (C=O) groups excluding carboxylic acids is 1. The van der Waals surface area contributed by atoms with Crippen LogP contribution in [-0.4, -0.2) is 36.5 Å². The maximum atomic E-state index is 12.3. The predicted octanol–water partition coefficient (Wildman–Crippen LogP) is 5.13. The summed E-state index contributed by atoms with van der Waals surface area (Å²) in [5.74, 6) is 0.969. The van der Waals surface area contributed by atoms with Crippen molar-refractivity contribution in [1.29, 1.82) is 5.26 Å². The fourth-order valence-electron chi connectivity index (χ4n) is 5.36. The van der Waals surface area contributed by atoms with Gasteiger partial charge < -0.3 is 5.32 Å². The van der Waals surface area contributed by atoms with Gasteiger partial charge in [-0.2, -0.15) is 5.26 Å². The molecule has 4 nitrogen and oxygen atoms in total. The molecule has 2 aliphatic carbocycles. The fraction of sp³-hybridized carbons (Fsp3) is 0.556. The number of allylic oxidation sites excluding steroid dienone is 1. The number of nitrogens with one attached hydrogen (secondary N) is 1. The second-order valence-electron chi connectivity index (χ2n) is 9.49. The summed E-state index contributed by atoms with van der Waals surface area (Å²) in [6.07, 6.45) is 14.6. The molecule has 4 heteroatoms. The van der Waals surface area contributed by atoms with E-state index in [-0.39, 0.29) is 5.91 Å². The van der Waals surface area contributed by atoms with Gasteiger partial charge in [0, 0.05) is 24.7 Å². The van der Waals surface area contributed by atoms with Crippen LogP contribution in [-0.2, 0) is 4.79 Å². The standard InChI is InChI=1S/C27H35N3O/c1-20-5-4-8-25(26(20)19-28)22-14-17-30(18-15-22)16-13-21-9-11-24(12-10-21)29-27(31)23-6-2-3-7-23/h4-6,8,14,21,24H,2-3,7,9-13,15-18H2,1H3,(H,29,31). The number of carbonyl (C=O) groups is 1. The number of aryl methyl sites for hydroxylation is 1. The lowest BCUT2D eigenvalue weighted by Crippen LogP contribution is -2.38. The summed E-state index contributed by atoms with van der Waals surface area (Å²) in [4.78, 5) is 14.9. The van der Waals surface area contributed by atoms with Crippen LogP contribution >= 0.6 is 0 Å². The van der Waals surface area contributed by atoms with Crippen LogP contribution in [0.1, 0.15) is 74.5 Å².